The Hall–Kier alpha value is -1.62. The van der Waals surface area contributed by atoms with Crippen molar-refractivity contribution in [3.63, 3.8) is 0 Å². The summed E-state index contributed by atoms with van der Waals surface area (Å²) in [6.45, 7) is 4.64. The van der Waals surface area contributed by atoms with Gasteiger partial charge in [-0.3, -0.25) is 0 Å². The minimum atomic E-state index is 0.248. The maximum absolute atomic E-state index is 5.94. The van der Waals surface area contributed by atoms with E-state index >= 15 is 0 Å². The Bertz CT molecular complexity index is 481. The highest BCUT2D eigenvalue weighted by molar-refractivity contribution is 6.29. The van der Waals surface area contributed by atoms with Crippen molar-refractivity contribution in [2.45, 2.75) is 26.3 Å². The first-order valence-corrected chi connectivity index (χ1v) is 5.79. The predicted molar refractivity (Wildman–Crippen MR) is 67.0 cm³/mol. The summed E-state index contributed by atoms with van der Waals surface area (Å²) in [6.07, 6.45) is 3.49. The van der Waals surface area contributed by atoms with Crippen LogP contribution in [0.3, 0.4) is 0 Å². The zero-order chi connectivity index (χ0) is 12.3. The number of hydrogen-bond acceptors (Lipinski definition) is 4. The Labute approximate surface area is 105 Å². The molecule has 0 fully saturated rings. The lowest BCUT2D eigenvalue weighted by atomic mass is 10.2. The molecule has 90 valence electrons. The van der Waals surface area contributed by atoms with Gasteiger partial charge in [-0.25, -0.2) is 15.0 Å². The zero-order valence-electron chi connectivity index (χ0n) is 9.74. The number of hydrogen-bond donors (Lipinski definition) is 2. The quantitative estimate of drug-likeness (QED) is 0.820. The number of aromatic nitrogens is 4. The third-order valence-corrected chi connectivity index (χ3v) is 2.41. The third-order valence-electron chi connectivity index (χ3n) is 2.22. The van der Waals surface area contributed by atoms with Gasteiger partial charge in [0.15, 0.2) is 0 Å². The van der Waals surface area contributed by atoms with Crippen molar-refractivity contribution in [1.82, 2.24) is 19.9 Å². The molecule has 5 nitrogen and oxygen atoms in total. The van der Waals surface area contributed by atoms with E-state index in [-0.39, 0.29) is 5.92 Å². The van der Waals surface area contributed by atoms with E-state index in [1.807, 2.05) is 13.8 Å². The number of nitrogens with zero attached hydrogens (tertiary/aromatic N) is 3. The molecule has 0 aliphatic carbocycles. The van der Waals surface area contributed by atoms with E-state index in [9.17, 15) is 0 Å². The standard InChI is InChI=1S/C11H14ClN5/c1-7(2)11-16-8(12)5-9(17-11)15-6-10-13-3-4-14-10/h3-5,7H,6H2,1-2H3,(H,13,14)(H,15,16,17). The van der Waals surface area contributed by atoms with Crippen LogP contribution < -0.4 is 5.32 Å². The molecule has 2 aromatic rings. The summed E-state index contributed by atoms with van der Waals surface area (Å²) in [5.74, 6) is 2.55. The maximum Gasteiger partial charge on any atom is 0.135 e. The van der Waals surface area contributed by atoms with Crippen molar-refractivity contribution in [2.24, 2.45) is 0 Å². The van der Waals surface area contributed by atoms with Crippen molar-refractivity contribution >= 4 is 17.4 Å². The molecule has 0 unspecified atom stereocenters. The Morgan fingerprint density at radius 2 is 2.24 bits per heavy atom. The van der Waals surface area contributed by atoms with Gasteiger partial charge in [0.1, 0.15) is 22.6 Å². The molecule has 0 saturated heterocycles. The van der Waals surface area contributed by atoms with E-state index < -0.39 is 0 Å². The van der Waals surface area contributed by atoms with Gasteiger partial charge in [0.25, 0.3) is 0 Å². The number of nitrogens with one attached hydrogen (secondary N) is 2. The molecule has 0 aromatic carbocycles. The highest BCUT2D eigenvalue weighted by Gasteiger charge is 2.07. The van der Waals surface area contributed by atoms with Crippen molar-refractivity contribution < 1.29 is 0 Å². The van der Waals surface area contributed by atoms with E-state index in [2.05, 4.69) is 25.3 Å². The first-order valence-electron chi connectivity index (χ1n) is 5.42. The molecule has 0 spiro atoms. The van der Waals surface area contributed by atoms with Gasteiger partial charge in [-0.05, 0) is 0 Å². The molecule has 0 amide bonds. The highest BCUT2D eigenvalue weighted by Crippen LogP contribution is 2.17. The summed E-state index contributed by atoms with van der Waals surface area (Å²) in [7, 11) is 0. The summed E-state index contributed by atoms with van der Waals surface area (Å²) in [4.78, 5) is 15.7. The van der Waals surface area contributed by atoms with Crippen LogP contribution in [0.1, 0.15) is 31.4 Å². The Morgan fingerprint density at radius 1 is 1.41 bits per heavy atom. The van der Waals surface area contributed by atoms with Crippen LogP contribution in [0, 0.1) is 0 Å². The largest absolute Gasteiger partial charge is 0.363 e. The van der Waals surface area contributed by atoms with E-state index in [0.717, 1.165) is 11.6 Å². The van der Waals surface area contributed by atoms with Crippen LogP contribution >= 0.6 is 11.6 Å². The predicted octanol–water partition coefficient (Wildman–Crippen LogP) is 2.59. The second kappa shape index (κ2) is 5.14. The zero-order valence-corrected chi connectivity index (χ0v) is 10.5. The molecular weight excluding hydrogens is 238 g/mol. The van der Waals surface area contributed by atoms with Gasteiger partial charge in [0.05, 0.1) is 6.54 Å². The molecule has 2 N–H and O–H groups in total. The average Bonchev–Trinajstić information content (AvgIpc) is 2.78. The number of H-pyrrole nitrogens is 1. The van der Waals surface area contributed by atoms with E-state index in [0.29, 0.717) is 17.5 Å². The van der Waals surface area contributed by atoms with Crippen molar-refractivity contribution in [1.29, 1.82) is 0 Å². The Balaban J connectivity index is 2.10. The molecule has 0 aliphatic rings. The minimum absolute atomic E-state index is 0.248. The number of aromatic amines is 1. The van der Waals surface area contributed by atoms with Gasteiger partial charge in [-0.2, -0.15) is 0 Å². The van der Waals surface area contributed by atoms with Crippen molar-refractivity contribution in [2.75, 3.05) is 5.32 Å². The van der Waals surface area contributed by atoms with Gasteiger partial charge >= 0.3 is 0 Å². The van der Waals surface area contributed by atoms with Crippen LogP contribution in [0.25, 0.3) is 0 Å². The summed E-state index contributed by atoms with van der Waals surface area (Å²) in [6, 6.07) is 1.70. The summed E-state index contributed by atoms with van der Waals surface area (Å²) in [5.41, 5.74) is 0. The molecule has 17 heavy (non-hydrogen) atoms. The molecular formula is C11H14ClN5. The van der Waals surface area contributed by atoms with Crippen molar-refractivity contribution in [3.8, 4) is 0 Å². The lowest BCUT2D eigenvalue weighted by Crippen LogP contribution is -2.06. The number of halogens is 1. The molecule has 0 atom stereocenters. The van der Waals surface area contributed by atoms with Crippen LogP contribution in [-0.2, 0) is 6.54 Å². The van der Waals surface area contributed by atoms with Crippen molar-refractivity contribution in [3.05, 3.63) is 35.3 Å². The van der Waals surface area contributed by atoms with Gasteiger partial charge in [-0.1, -0.05) is 25.4 Å². The monoisotopic (exact) mass is 251 g/mol. The number of imidazole rings is 1. The molecule has 2 aromatic heterocycles. The first kappa shape index (κ1) is 11.9. The van der Waals surface area contributed by atoms with Crippen LogP contribution in [0.5, 0.6) is 0 Å². The van der Waals surface area contributed by atoms with Gasteiger partial charge in [0.2, 0.25) is 0 Å². The number of anilines is 1. The van der Waals surface area contributed by atoms with E-state index in [4.69, 9.17) is 11.6 Å². The smallest absolute Gasteiger partial charge is 0.135 e. The summed E-state index contributed by atoms with van der Waals surface area (Å²) < 4.78 is 0. The van der Waals surface area contributed by atoms with Gasteiger partial charge in [0, 0.05) is 24.4 Å². The second-order valence-electron chi connectivity index (χ2n) is 3.98. The topological polar surface area (TPSA) is 66.5 Å². The number of rotatable bonds is 4. The average molecular weight is 252 g/mol. The SMILES string of the molecule is CC(C)c1nc(Cl)cc(NCc2ncc[nH]2)n1. The molecule has 0 bridgehead atoms. The molecule has 6 heteroatoms. The fourth-order valence-corrected chi connectivity index (χ4v) is 1.54. The van der Waals surface area contributed by atoms with Gasteiger partial charge in [-0.15, -0.1) is 0 Å². The summed E-state index contributed by atoms with van der Waals surface area (Å²) >= 11 is 5.94. The molecule has 2 rings (SSSR count). The Morgan fingerprint density at radius 3 is 2.88 bits per heavy atom. The lowest BCUT2D eigenvalue weighted by molar-refractivity contribution is 0.773. The fourth-order valence-electron chi connectivity index (χ4n) is 1.35. The molecule has 0 aliphatic heterocycles. The second-order valence-corrected chi connectivity index (χ2v) is 4.37. The molecule has 0 radical (unpaired) electrons. The fraction of sp³-hybridized carbons (Fsp3) is 0.364. The molecule has 2 heterocycles. The maximum atomic E-state index is 5.94. The van der Waals surface area contributed by atoms with E-state index in [1.54, 1.807) is 18.5 Å². The minimum Gasteiger partial charge on any atom is -0.363 e. The third kappa shape index (κ3) is 3.17. The molecule has 0 saturated carbocycles. The van der Waals surface area contributed by atoms with Crippen LogP contribution in [0.2, 0.25) is 5.15 Å². The Kier molecular flexibility index (Phi) is 3.58. The van der Waals surface area contributed by atoms with E-state index in [1.165, 1.54) is 0 Å². The van der Waals surface area contributed by atoms with Gasteiger partial charge < -0.3 is 10.3 Å². The van der Waals surface area contributed by atoms with Crippen LogP contribution in [-0.4, -0.2) is 19.9 Å². The lowest BCUT2D eigenvalue weighted by Gasteiger charge is -2.08. The normalized spacial score (nSPS) is 10.8. The summed E-state index contributed by atoms with van der Waals surface area (Å²) in [5, 5.41) is 3.60. The first-order chi connectivity index (χ1) is 8.15. The highest BCUT2D eigenvalue weighted by atomic mass is 35.5. The van der Waals surface area contributed by atoms with Crippen LogP contribution in [0.15, 0.2) is 18.5 Å². The van der Waals surface area contributed by atoms with Crippen LogP contribution in [0.4, 0.5) is 5.82 Å².